The van der Waals surface area contributed by atoms with E-state index in [0.717, 1.165) is 11.1 Å². The Balaban J connectivity index is 2.98. The molecule has 57 valence electrons. The number of aryl methyl sites for hydroxylation is 2. The maximum absolute atomic E-state index is 9.85. The summed E-state index contributed by atoms with van der Waals surface area (Å²) >= 11 is 0. The second-order valence-electron chi connectivity index (χ2n) is 2.51. The van der Waals surface area contributed by atoms with Crippen molar-refractivity contribution in [2.45, 2.75) is 13.8 Å². The van der Waals surface area contributed by atoms with Gasteiger partial charge < -0.3 is 4.74 Å². The van der Waals surface area contributed by atoms with Crippen molar-refractivity contribution in [1.29, 1.82) is 0 Å². The Morgan fingerprint density at radius 3 is 2.18 bits per heavy atom. The zero-order valence-electron chi connectivity index (χ0n) is 6.55. The smallest absolute Gasteiger partial charge is 0.418 e. The molecular weight excluding hydrogens is 140 g/mol. The Morgan fingerprint density at radius 2 is 1.73 bits per heavy atom. The first-order valence-electron chi connectivity index (χ1n) is 3.34. The van der Waals surface area contributed by atoms with Gasteiger partial charge in [0.2, 0.25) is 0 Å². The SMILES string of the molecule is Cc1cc(C)cc(O[C]=O)c1. The highest BCUT2D eigenvalue weighted by Crippen LogP contribution is 2.14. The molecule has 0 aliphatic rings. The minimum Gasteiger partial charge on any atom is -0.418 e. The number of rotatable bonds is 2. The van der Waals surface area contributed by atoms with E-state index < -0.39 is 0 Å². The number of hydrogen-bond acceptors (Lipinski definition) is 2. The first-order chi connectivity index (χ1) is 5.22. The number of carbonyl (C=O) groups excluding carboxylic acids is 1. The van der Waals surface area contributed by atoms with Crippen LogP contribution >= 0.6 is 0 Å². The second kappa shape index (κ2) is 3.19. The Kier molecular flexibility index (Phi) is 2.26. The molecule has 2 heteroatoms. The molecule has 2 nitrogen and oxygen atoms in total. The monoisotopic (exact) mass is 149 g/mol. The Bertz CT molecular complexity index is 246. The summed E-state index contributed by atoms with van der Waals surface area (Å²) in [4.78, 5) is 9.85. The van der Waals surface area contributed by atoms with Crippen LogP contribution in [0.15, 0.2) is 18.2 Å². The van der Waals surface area contributed by atoms with Gasteiger partial charge in [-0.25, -0.2) is 4.79 Å². The molecule has 0 amide bonds. The summed E-state index contributed by atoms with van der Waals surface area (Å²) in [5.74, 6) is 0.553. The van der Waals surface area contributed by atoms with Crippen molar-refractivity contribution in [2.24, 2.45) is 0 Å². The van der Waals surface area contributed by atoms with Gasteiger partial charge in [0.1, 0.15) is 5.75 Å². The van der Waals surface area contributed by atoms with Gasteiger partial charge in [0.25, 0.3) is 0 Å². The molecule has 0 saturated carbocycles. The fourth-order valence-electron chi connectivity index (χ4n) is 1.04. The summed E-state index contributed by atoms with van der Waals surface area (Å²) in [7, 11) is 0. The quantitative estimate of drug-likeness (QED) is 0.640. The van der Waals surface area contributed by atoms with E-state index >= 15 is 0 Å². The summed E-state index contributed by atoms with van der Waals surface area (Å²) in [6, 6.07) is 5.59. The predicted octanol–water partition coefficient (Wildman–Crippen LogP) is 1.75. The van der Waals surface area contributed by atoms with Gasteiger partial charge in [-0.05, 0) is 37.1 Å². The fraction of sp³-hybridized carbons (Fsp3) is 0.222. The molecule has 0 fully saturated rings. The van der Waals surface area contributed by atoms with Crippen LogP contribution in [-0.4, -0.2) is 6.47 Å². The molecule has 0 saturated heterocycles. The van der Waals surface area contributed by atoms with E-state index in [1.807, 2.05) is 19.9 Å². The molecular formula is C9H9O2. The highest BCUT2D eigenvalue weighted by molar-refractivity contribution is 5.47. The van der Waals surface area contributed by atoms with Crippen LogP contribution in [0.1, 0.15) is 11.1 Å². The van der Waals surface area contributed by atoms with Gasteiger partial charge in [0, 0.05) is 0 Å². The van der Waals surface area contributed by atoms with Gasteiger partial charge >= 0.3 is 6.47 Å². The van der Waals surface area contributed by atoms with Crippen LogP contribution in [0.25, 0.3) is 0 Å². The standard InChI is InChI=1S/C9H9O2/c1-7-3-8(2)5-9(4-7)11-6-10/h3-5H,1-2H3. The van der Waals surface area contributed by atoms with Gasteiger partial charge in [-0.2, -0.15) is 0 Å². The number of hydrogen-bond donors (Lipinski definition) is 0. The van der Waals surface area contributed by atoms with Gasteiger partial charge in [-0.3, -0.25) is 0 Å². The molecule has 1 rings (SSSR count). The predicted molar refractivity (Wildman–Crippen MR) is 42.2 cm³/mol. The third kappa shape index (κ3) is 2.08. The topological polar surface area (TPSA) is 26.3 Å². The number of ether oxygens (including phenoxy) is 1. The Labute approximate surface area is 65.8 Å². The molecule has 0 unspecified atom stereocenters. The highest BCUT2D eigenvalue weighted by atomic mass is 16.5. The van der Waals surface area contributed by atoms with Crippen molar-refractivity contribution in [3.05, 3.63) is 29.3 Å². The molecule has 11 heavy (non-hydrogen) atoms. The summed E-state index contributed by atoms with van der Waals surface area (Å²) < 4.78 is 4.56. The zero-order valence-corrected chi connectivity index (χ0v) is 6.55. The molecule has 0 aliphatic carbocycles. The number of benzene rings is 1. The maximum atomic E-state index is 9.85. The van der Waals surface area contributed by atoms with Gasteiger partial charge in [0.05, 0.1) is 0 Å². The molecule has 0 aliphatic heterocycles. The lowest BCUT2D eigenvalue weighted by atomic mass is 10.1. The summed E-state index contributed by atoms with van der Waals surface area (Å²) in [5.41, 5.74) is 2.16. The average Bonchev–Trinajstić information content (AvgIpc) is 1.85. The maximum Gasteiger partial charge on any atom is 0.423 e. The largest absolute Gasteiger partial charge is 0.423 e. The van der Waals surface area contributed by atoms with E-state index in [-0.39, 0.29) is 0 Å². The molecule has 0 spiro atoms. The van der Waals surface area contributed by atoms with Crippen molar-refractivity contribution >= 4 is 6.47 Å². The van der Waals surface area contributed by atoms with Crippen LogP contribution in [0.2, 0.25) is 0 Å². The van der Waals surface area contributed by atoms with E-state index in [4.69, 9.17) is 0 Å². The average molecular weight is 149 g/mol. The molecule has 0 N–H and O–H groups in total. The molecule has 0 heterocycles. The van der Waals surface area contributed by atoms with Crippen LogP contribution < -0.4 is 4.74 Å². The molecule has 0 bridgehead atoms. The zero-order chi connectivity index (χ0) is 8.27. The van der Waals surface area contributed by atoms with Gasteiger partial charge in [-0.15, -0.1) is 0 Å². The van der Waals surface area contributed by atoms with Crippen molar-refractivity contribution in [1.82, 2.24) is 0 Å². The van der Waals surface area contributed by atoms with Crippen LogP contribution in [-0.2, 0) is 4.79 Å². The van der Waals surface area contributed by atoms with Gasteiger partial charge in [0.15, 0.2) is 0 Å². The first-order valence-corrected chi connectivity index (χ1v) is 3.34. The van der Waals surface area contributed by atoms with Crippen molar-refractivity contribution in [3.63, 3.8) is 0 Å². The van der Waals surface area contributed by atoms with Crippen molar-refractivity contribution in [2.75, 3.05) is 0 Å². The van der Waals surface area contributed by atoms with E-state index in [9.17, 15) is 4.79 Å². The van der Waals surface area contributed by atoms with Crippen LogP contribution in [0, 0.1) is 13.8 Å². The molecule has 1 radical (unpaired) electrons. The lowest BCUT2D eigenvalue weighted by Gasteiger charge is -1.99. The molecule has 1 aromatic rings. The summed E-state index contributed by atoms with van der Waals surface area (Å²) in [5, 5.41) is 0. The first kappa shape index (κ1) is 7.79. The van der Waals surface area contributed by atoms with Crippen LogP contribution in [0.3, 0.4) is 0 Å². The Hall–Kier alpha value is -1.31. The van der Waals surface area contributed by atoms with Crippen LogP contribution in [0.4, 0.5) is 0 Å². The van der Waals surface area contributed by atoms with E-state index in [1.54, 1.807) is 12.1 Å². The third-order valence-corrected chi connectivity index (χ3v) is 1.35. The van der Waals surface area contributed by atoms with Crippen LogP contribution in [0.5, 0.6) is 5.75 Å². The summed E-state index contributed by atoms with van der Waals surface area (Å²) in [6.45, 7) is 5.29. The summed E-state index contributed by atoms with van der Waals surface area (Å²) in [6.07, 6.45) is 0. The van der Waals surface area contributed by atoms with E-state index in [0.29, 0.717) is 5.75 Å². The Morgan fingerprint density at radius 1 is 1.18 bits per heavy atom. The molecule has 0 atom stereocenters. The van der Waals surface area contributed by atoms with E-state index in [2.05, 4.69) is 4.74 Å². The minimum atomic E-state index is 0.553. The van der Waals surface area contributed by atoms with Crippen molar-refractivity contribution in [3.8, 4) is 5.75 Å². The second-order valence-corrected chi connectivity index (χ2v) is 2.51. The lowest BCUT2D eigenvalue weighted by molar-refractivity contribution is 0.442. The van der Waals surface area contributed by atoms with E-state index in [1.165, 1.54) is 6.47 Å². The van der Waals surface area contributed by atoms with Gasteiger partial charge in [-0.1, -0.05) is 6.07 Å². The fourth-order valence-corrected chi connectivity index (χ4v) is 1.04. The minimum absolute atomic E-state index is 0.553. The normalized spacial score (nSPS) is 9.27. The van der Waals surface area contributed by atoms with Crippen molar-refractivity contribution < 1.29 is 9.53 Å². The third-order valence-electron chi connectivity index (χ3n) is 1.35. The molecule has 1 aromatic carbocycles. The molecule has 0 aromatic heterocycles. The lowest BCUT2D eigenvalue weighted by Crippen LogP contribution is -1.89. The highest BCUT2D eigenvalue weighted by Gasteiger charge is 1.95.